The van der Waals surface area contributed by atoms with Crippen LogP contribution in [0.25, 0.3) is 5.65 Å². The van der Waals surface area contributed by atoms with Crippen molar-refractivity contribution in [3.63, 3.8) is 0 Å². The Balaban J connectivity index is 2.35. The van der Waals surface area contributed by atoms with Gasteiger partial charge in [0.1, 0.15) is 11.5 Å². The molecular weight excluding hydrogens is 278 g/mol. The lowest BCUT2D eigenvalue weighted by Gasteiger charge is -2.01. The van der Waals surface area contributed by atoms with E-state index in [9.17, 15) is 0 Å². The Labute approximate surface area is 110 Å². The van der Waals surface area contributed by atoms with E-state index < -0.39 is 0 Å². The Morgan fingerprint density at radius 3 is 2.88 bits per heavy atom. The Bertz CT molecular complexity index is 531. The second kappa shape index (κ2) is 5.08. The first-order valence-electron chi connectivity index (χ1n) is 6.06. The summed E-state index contributed by atoms with van der Waals surface area (Å²) in [6.07, 6.45) is 6.58. The number of nitrogens with zero attached hydrogens (tertiary/aromatic N) is 2. The number of hydrogen-bond acceptors (Lipinski definition) is 2. The molecular formula is C13H18BrN3. The highest BCUT2D eigenvalue weighted by Crippen LogP contribution is 2.23. The lowest BCUT2D eigenvalue weighted by molar-refractivity contribution is 0.711. The maximum absolute atomic E-state index is 6.12. The molecule has 0 radical (unpaired) electrons. The molecule has 0 fully saturated rings. The SMILES string of the molecule is CCCCCc1nc2cc(C)c(Br)cn2c1N. The molecule has 2 aromatic heterocycles. The number of rotatable bonds is 4. The van der Waals surface area contributed by atoms with E-state index in [0.717, 1.165) is 34.5 Å². The predicted octanol–water partition coefficient (Wildman–Crippen LogP) is 3.72. The average molecular weight is 296 g/mol. The highest BCUT2D eigenvalue weighted by molar-refractivity contribution is 9.10. The Morgan fingerprint density at radius 1 is 1.41 bits per heavy atom. The number of unbranched alkanes of at least 4 members (excludes halogenated alkanes) is 2. The summed E-state index contributed by atoms with van der Waals surface area (Å²) in [5.74, 6) is 0.775. The summed E-state index contributed by atoms with van der Waals surface area (Å²) >= 11 is 3.52. The smallest absolute Gasteiger partial charge is 0.139 e. The zero-order valence-corrected chi connectivity index (χ0v) is 11.9. The lowest BCUT2D eigenvalue weighted by Crippen LogP contribution is -1.97. The van der Waals surface area contributed by atoms with E-state index in [1.807, 2.05) is 10.6 Å². The molecule has 4 heteroatoms. The second-order valence-electron chi connectivity index (χ2n) is 4.43. The van der Waals surface area contributed by atoms with Crippen LogP contribution in [0, 0.1) is 6.92 Å². The first-order chi connectivity index (χ1) is 8.13. The average Bonchev–Trinajstić information content (AvgIpc) is 2.58. The Hall–Kier alpha value is -1.03. The molecule has 0 saturated carbocycles. The molecule has 3 nitrogen and oxygen atoms in total. The van der Waals surface area contributed by atoms with E-state index in [1.165, 1.54) is 18.4 Å². The molecule has 0 aromatic carbocycles. The van der Waals surface area contributed by atoms with E-state index >= 15 is 0 Å². The van der Waals surface area contributed by atoms with E-state index in [1.54, 1.807) is 0 Å². The first-order valence-corrected chi connectivity index (χ1v) is 6.85. The molecule has 2 heterocycles. The van der Waals surface area contributed by atoms with Gasteiger partial charge in [-0.1, -0.05) is 19.8 Å². The van der Waals surface area contributed by atoms with Gasteiger partial charge in [0.2, 0.25) is 0 Å². The monoisotopic (exact) mass is 295 g/mol. The molecule has 0 amide bonds. The maximum Gasteiger partial charge on any atom is 0.139 e. The van der Waals surface area contributed by atoms with Gasteiger partial charge in [-0.25, -0.2) is 4.98 Å². The number of nitrogens with two attached hydrogens (primary N) is 1. The normalized spacial score (nSPS) is 11.2. The standard InChI is InChI=1S/C13H18BrN3/c1-3-4-5-6-11-13(15)17-8-10(14)9(2)7-12(17)16-11/h7-8H,3-6,15H2,1-2H3. The van der Waals surface area contributed by atoms with Crippen molar-refractivity contribution in [3.05, 3.63) is 28.0 Å². The molecule has 17 heavy (non-hydrogen) atoms. The fourth-order valence-corrected chi connectivity index (χ4v) is 2.27. The number of aryl methyl sites for hydroxylation is 2. The topological polar surface area (TPSA) is 43.3 Å². The number of aromatic nitrogens is 2. The van der Waals surface area contributed by atoms with Gasteiger partial charge < -0.3 is 5.73 Å². The summed E-state index contributed by atoms with van der Waals surface area (Å²) in [6, 6.07) is 2.06. The van der Waals surface area contributed by atoms with Crippen LogP contribution in [0.4, 0.5) is 5.82 Å². The Kier molecular flexibility index (Phi) is 3.72. The number of pyridine rings is 1. The van der Waals surface area contributed by atoms with Crippen LogP contribution in [0.5, 0.6) is 0 Å². The van der Waals surface area contributed by atoms with Gasteiger partial charge in [-0.05, 0) is 47.3 Å². The van der Waals surface area contributed by atoms with Gasteiger partial charge in [-0.15, -0.1) is 0 Å². The number of imidazole rings is 1. The van der Waals surface area contributed by atoms with Crippen LogP contribution < -0.4 is 5.73 Å². The summed E-state index contributed by atoms with van der Waals surface area (Å²) in [4.78, 5) is 4.60. The molecule has 0 aliphatic rings. The molecule has 2 aromatic rings. The van der Waals surface area contributed by atoms with Gasteiger partial charge in [-0.2, -0.15) is 0 Å². The summed E-state index contributed by atoms with van der Waals surface area (Å²) in [7, 11) is 0. The molecule has 0 unspecified atom stereocenters. The van der Waals surface area contributed by atoms with Gasteiger partial charge >= 0.3 is 0 Å². The maximum atomic E-state index is 6.12. The summed E-state index contributed by atoms with van der Waals surface area (Å²) in [5, 5.41) is 0. The van der Waals surface area contributed by atoms with Crippen molar-refractivity contribution in [2.75, 3.05) is 5.73 Å². The molecule has 2 N–H and O–H groups in total. The lowest BCUT2D eigenvalue weighted by atomic mass is 10.1. The number of fused-ring (bicyclic) bond motifs is 1. The van der Waals surface area contributed by atoms with Crippen LogP contribution in [-0.4, -0.2) is 9.38 Å². The van der Waals surface area contributed by atoms with Crippen molar-refractivity contribution in [2.24, 2.45) is 0 Å². The minimum atomic E-state index is 0.775. The first kappa shape index (κ1) is 12.4. The summed E-state index contributed by atoms with van der Waals surface area (Å²) in [6.45, 7) is 4.26. The van der Waals surface area contributed by atoms with Gasteiger partial charge in [0.15, 0.2) is 0 Å². The zero-order chi connectivity index (χ0) is 12.4. The van der Waals surface area contributed by atoms with Crippen molar-refractivity contribution in [1.29, 1.82) is 0 Å². The third-order valence-electron chi connectivity index (χ3n) is 3.03. The van der Waals surface area contributed by atoms with Crippen molar-refractivity contribution in [1.82, 2.24) is 9.38 Å². The van der Waals surface area contributed by atoms with Crippen molar-refractivity contribution < 1.29 is 0 Å². The van der Waals surface area contributed by atoms with Crippen molar-refractivity contribution in [3.8, 4) is 0 Å². The van der Waals surface area contributed by atoms with Crippen molar-refractivity contribution >= 4 is 27.4 Å². The quantitative estimate of drug-likeness (QED) is 0.874. The van der Waals surface area contributed by atoms with Crippen LogP contribution in [-0.2, 0) is 6.42 Å². The molecule has 0 bridgehead atoms. The summed E-state index contributed by atoms with van der Waals surface area (Å²) < 4.78 is 3.02. The van der Waals surface area contributed by atoms with E-state index in [-0.39, 0.29) is 0 Å². The van der Waals surface area contributed by atoms with Crippen LogP contribution in [0.1, 0.15) is 37.4 Å². The van der Waals surface area contributed by atoms with Crippen LogP contribution in [0.15, 0.2) is 16.7 Å². The minimum Gasteiger partial charge on any atom is -0.383 e. The molecule has 0 saturated heterocycles. The van der Waals surface area contributed by atoms with Crippen LogP contribution in [0.3, 0.4) is 0 Å². The highest BCUT2D eigenvalue weighted by Gasteiger charge is 2.10. The zero-order valence-electron chi connectivity index (χ0n) is 10.3. The Morgan fingerprint density at radius 2 is 2.18 bits per heavy atom. The van der Waals surface area contributed by atoms with E-state index in [4.69, 9.17) is 5.73 Å². The van der Waals surface area contributed by atoms with E-state index in [0.29, 0.717) is 0 Å². The fourth-order valence-electron chi connectivity index (χ4n) is 1.95. The van der Waals surface area contributed by atoms with Gasteiger partial charge in [0.25, 0.3) is 0 Å². The van der Waals surface area contributed by atoms with Crippen LogP contribution in [0.2, 0.25) is 0 Å². The van der Waals surface area contributed by atoms with E-state index in [2.05, 4.69) is 40.8 Å². The number of halogens is 1. The van der Waals surface area contributed by atoms with Crippen molar-refractivity contribution in [2.45, 2.75) is 39.5 Å². The molecule has 92 valence electrons. The van der Waals surface area contributed by atoms with Crippen LogP contribution >= 0.6 is 15.9 Å². The predicted molar refractivity (Wildman–Crippen MR) is 75.3 cm³/mol. The highest BCUT2D eigenvalue weighted by atomic mass is 79.9. The largest absolute Gasteiger partial charge is 0.383 e. The fraction of sp³-hybridized carbons (Fsp3) is 0.462. The van der Waals surface area contributed by atoms with Gasteiger partial charge in [0, 0.05) is 10.7 Å². The number of anilines is 1. The molecule has 0 atom stereocenters. The molecule has 2 rings (SSSR count). The third kappa shape index (κ3) is 2.46. The molecule has 0 aliphatic heterocycles. The molecule has 0 aliphatic carbocycles. The minimum absolute atomic E-state index is 0.775. The van der Waals surface area contributed by atoms with Gasteiger partial charge in [-0.3, -0.25) is 4.40 Å². The number of nitrogen functional groups attached to an aromatic ring is 1. The second-order valence-corrected chi connectivity index (χ2v) is 5.29. The number of hydrogen-bond donors (Lipinski definition) is 1. The summed E-state index contributed by atoms with van der Waals surface area (Å²) in [5.41, 5.74) is 9.27. The third-order valence-corrected chi connectivity index (χ3v) is 3.86. The van der Waals surface area contributed by atoms with Gasteiger partial charge in [0.05, 0.1) is 5.69 Å². The molecule has 0 spiro atoms.